The molecule has 1 aliphatic heterocycles. The molecular formula is C27H29NO4. The summed E-state index contributed by atoms with van der Waals surface area (Å²) >= 11 is 0. The predicted molar refractivity (Wildman–Crippen MR) is 121 cm³/mol. The molecule has 5 heteroatoms. The maximum atomic E-state index is 13.3. The molecule has 3 fully saturated rings. The smallest absolute Gasteiger partial charge is 0.338 e. The molecule has 3 atom stereocenters. The van der Waals surface area contributed by atoms with E-state index in [1.54, 1.807) is 24.3 Å². The number of fused-ring (bicyclic) bond motifs is 1. The lowest BCUT2D eigenvalue weighted by molar-refractivity contribution is -0.122. The minimum absolute atomic E-state index is 0.0345. The van der Waals surface area contributed by atoms with E-state index in [1.807, 2.05) is 18.2 Å². The fourth-order valence-corrected chi connectivity index (χ4v) is 5.64. The van der Waals surface area contributed by atoms with Gasteiger partial charge in [-0.2, -0.15) is 0 Å². The average molecular weight is 432 g/mol. The zero-order valence-corrected chi connectivity index (χ0v) is 18.2. The number of hydrogen-bond donors (Lipinski definition) is 0. The summed E-state index contributed by atoms with van der Waals surface area (Å²) in [5.74, 6) is -0.910. The fraction of sp³-hybridized carbons (Fsp3) is 0.444. The molecule has 2 amide bonds. The molecule has 0 N–H and O–H groups in total. The maximum Gasteiger partial charge on any atom is 0.338 e. The highest BCUT2D eigenvalue weighted by Crippen LogP contribution is 2.45. The molecule has 2 saturated carbocycles. The van der Waals surface area contributed by atoms with Gasteiger partial charge in [-0.1, -0.05) is 42.8 Å². The van der Waals surface area contributed by atoms with Crippen LogP contribution >= 0.6 is 0 Å². The Bertz CT molecular complexity index is 1010. The molecule has 2 aliphatic carbocycles. The van der Waals surface area contributed by atoms with Crippen molar-refractivity contribution in [2.75, 3.05) is 4.90 Å². The number of nitrogens with zero attached hydrogens (tertiary/aromatic N) is 1. The van der Waals surface area contributed by atoms with Crippen molar-refractivity contribution in [1.82, 2.24) is 0 Å². The lowest BCUT2D eigenvalue weighted by Gasteiger charge is -2.28. The lowest BCUT2D eigenvalue weighted by atomic mass is 9.73. The number of hydrogen-bond acceptors (Lipinski definition) is 4. The number of esters is 1. The molecular weight excluding hydrogens is 402 g/mol. The van der Waals surface area contributed by atoms with E-state index in [2.05, 4.69) is 12.1 Å². The van der Waals surface area contributed by atoms with Gasteiger partial charge in [0.25, 0.3) is 0 Å². The van der Waals surface area contributed by atoms with Crippen LogP contribution in [0.4, 0.5) is 5.69 Å². The number of amides is 2. The van der Waals surface area contributed by atoms with Crippen molar-refractivity contribution in [3.63, 3.8) is 0 Å². The third kappa shape index (κ3) is 3.96. The summed E-state index contributed by atoms with van der Waals surface area (Å²) in [4.78, 5) is 40.5. The van der Waals surface area contributed by atoms with E-state index < -0.39 is 0 Å². The topological polar surface area (TPSA) is 63.7 Å². The normalized spacial score (nSPS) is 26.1. The number of rotatable bonds is 4. The van der Waals surface area contributed by atoms with Crippen LogP contribution in [0, 0.1) is 11.8 Å². The third-order valence-corrected chi connectivity index (χ3v) is 7.36. The van der Waals surface area contributed by atoms with Gasteiger partial charge < -0.3 is 4.74 Å². The van der Waals surface area contributed by atoms with Gasteiger partial charge in [0.15, 0.2) is 0 Å². The Labute approximate surface area is 188 Å². The SMILES string of the molecule is O=C(OC1CCCCC1)c1cccc(N2C(=O)[C@H]3C[C@H](c4ccccc4)CC[C@H]3C2=O)c1. The Morgan fingerprint density at radius 1 is 0.812 bits per heavy atom. The van der Waals surface area contributed by atoms with Crippen molar-refractivity contribution in [1.29, 1.82) is 0 Å². The van der Waals surface area contributed by atoms with E-state index >= 15 is 0 Å². The van der Waals surface area contributed by atoms with E-state index in [1.165, 1.54) is 16.9 Å². The Kier molecular flexibility index (Phi) is 5.81. The number of imide groups is 1. The molecule has 0 unspecified atom stereocenters. The van der Waals surface area contributed by atoms with Gasteiger partial charge in [-0.25, -0.2) is 4.79 Å². The molecule has 32 heavy (non-hydrogen) atoms. The minimum Gasteiger partial charge on any atom is -0.459 e. The van der Waals surface area contributed by atoms with Gasteiger partial charge in [0.05, 0.1) is 23.1 Å². The van der Waals surface area contributed by atoms with Crippen LogP contribution in [-0.4, -0.2) is 23.9 Å². The first-order valence-electron chi connectivity index (χ1n) is 11.9. The highest BCUT2D eigenvalue weighted by atomic mass is 16.5. The lowest BCUT2D eigenvalue weighted by Crippen LogP contribution is -2.31. The van der Waals surface area contributed by atoms with Gasteiger partial charge >= 0.3 is 5.97 Å². The summed E-state index contributed by atoms with van der Waals surface area (Å²) < 4.78 is 5.68. The first-order chi connectivity index (χ1) is 15.6. The summed E-state index contributed by atoms with van der Waals surface area (Å²) in [6.45, 7) is 0. The summed E-state index contributed by atoms with van der Waals surface area (Å²) in [5, 5.41) is 0. The van der Waals surface area contributed by atoms with Crippen molar-refractivity contribution in [2.24, 2.45) is 11.8 Å². The summed E-state index contributed by atoms with van der Waals surface area (Å²) in [7, 11) is 0. The predicted octanol–water partition coefficient (Wildman–Crippen LogP) is 5.25. The van der Waals surface area contributed by atoms with E-state index in [9.17, 15) is 14.4 Å². The molecule has 0 spiro atoms. The van der Waals surface area contributed by atoms with Gasteiger partial charge in [0.2, 0.25) is 11.8 Å². The molecule has 0 bridgehead atoms. The summed E-state index contributed by atoms with van der Waals surface area (Å²) in [5.41, 5.74) is 2.10. The van der Waals surface area contributed by atoms with Crippen molar-refractivity contribution in [3.8, 4) is 0 Å². The van der Waals surface area contributed by atoms with Crippen LogP contribution in [0.2, 0.25) is 0 Å². The Hall–Kier alpha value is -2.95. The highest BCUT2D eigenvalue weighted by Gasteiger charge is 2.50. The van der Waals surface area contributed by atoms with Gasteiger partial charge in [-0.05, 0) is 74.6 Å². The van der Waals surface area contributed by atoms with Crippen LogP contribution in [0.15, 0.2) is 54.6 Å². The molecule has 2 aromatic carbocycles. The Morgan fingerprint density at radius 3 is 2.34 bits per heavy atom. The van der Waals surface area contributed by atoms with Crippen molar-refractivity contribution in [2.45, 2.75) is 63.4 Å². The first-order valence-corrected chi connectivity index (χ1v) is 11.9. The summed E-state index contributed by atoms with van der Waals surface area (Å²) in [6.07, 6.45) is 7.45. The molecule has 1 heterocycles. The molecule has 5 rings (SSSR count). The third-order valence-electron chi connectivity index (χ3n) is 7.36. The van der Waals surface area contributed by atoms with E-state index in [-0.39, 0.29) is 35.7 Å². The Balaban J connectivity index is 1.33. The number of anilines is 1. The molecule has 1 saturated heterocycles. The first kappa shape index (κ1) is 20.9. The number of carbonyl (C=O) groups excluding carboxylic acids is 3. The van der Waals surface area contributed by atoms with Gasteiger partial charge in [0, 0.05) is 0 Å². The fourth-order valence-electron chi connectivity index (χ4n) is 5.64. The van der Waals surface area contributed by atoms with Gasteiger partial charge in [-0.3, -0.25) is 14.5 Å². The van der Waals surface area contributed by atoms with Crippen LogP contribution in [0.5, 0.6) is 0 Å². The molecule has 0 aromatic heterocycles. The molecule has 5 nitrogen and oxygen atoms in total. The van der Waals surface area contributed by atoms with E-state index in [4.69, 9.17) is 4.74 Å². The second-order valence-electron chi connectivity index (χ2n) is 9.36. The van der Waals surface area contributed by atoms with Crippen LogP contribution in [0.25, 0.3) is 0 Å². The molecule has 166 valence electrons. The maximum absolute atomic E-state index is 13.3. The second-order valence-corrected chi connectivity index (χ2v) is 9.36. The van der Waals surface area contributed by atoms with Crippen LogP contribution in [-0.2, 0) is 14.3 Å². The quantitative estimate of drug-likeness (QED) is 0.490. The van der Waals surface area contributed by atoms with Crippen LogP contribution < -0.4 is 4.90 Å². The zero-order valence-electron chi connectivity index (χ0n) is 18.2. The molecule has 0 radical (unpaired) electrons. The van der Waals surface area contributed by atoms with Gasteiger partial charge in [-0.15, -0.1) is 0 Å². The van der Waals surface area contributed by atoms with Crippen LogP contribution in [0.3, 0.4) is 0 Å². The van der Waals surface area contributed by atoms with Crippen molar-refractivity contribution >= 4 is 23.5 Å². The standard InChI is InChI=1S/C27H29NO4/c29-25-23-15-14-19(18-8-3-1-4-9-18)17-24(23)26(30)28(25)21-11-7-10-20(16-21)27(31)32-22-12-5-2-6-13-22/h1,3-4,7-11,16,19,22-24H,2,5-6,12-15,17H2/t19-,23-,24+/m1/s1. The van der Waals surface area contributed by atoms with Crippen molar-refractivity contribution < 1.29 is 19.1 Å². The monoisotopic (exact) mass is 431 g/mol. The van der Waals surface area contributed by atoms with Crippen molar-refractivity contribution in [3.05, 3.63) is 65.7 Å². The largest absolute Gasteiger partial charge is 0.459 e. The summed E-state index contributed by atoms with van der Waals surface area (Å²) in [6, 6.07) is 17.0. The second kappa shape index (κ2) is 8.89. The highest BCUT2D eigenvalue weighted by molar-refractivity contribution is 6.22. The van der Waals surface area contributed by atoms with Gasteiger partial charge in [0.1, 0.15) is 6.10 Å². The number of benzene rings is 2. The number of carbonyl (C=O) groups is 3. The van der Waals surface area contributed by atoms with Crippen LogP contribution in [0.1, 0.15) is 73.2 Å². The van der Waals surface area contributed by atoms with E-state index in [0.29, 0.717) is 30.0 Å². The minimum atomic E-state index is -0.376. The Morgan fingerprint density at radius 2 is 1.56 bits per heavy atom. The zero-order chi connectivity index (χ0) is 22.1. The average Bonchev–Trinajstić information content (AvgIpc) is 3.09. The molecule has 2 aromatic rings. The van der Waals surface area contributed by atoms with E-state index in [0.717, 1.165) is 32.1 Å². The number of ether oxygens (including phenoxy) is 1. The molecule has 3 aliphatic rings.